The lowest BCUT2D eigenvalue weighted by Crippen LogP contribution is -2.33. The summed E-state index contributed by atoms with van der Waals surface area (Å²) in [4.78, 5) is 7.32. The van der Waals surface area contributed by atoms with Gasteiger partial charge in [0.2, 0.25) is 0 Å². The van der Waals surface area contributed by atoms with Crippen LogP contribution >= 0.6 is 0 Å². The van der Waals surface area contributed by atoms with Crippen molar-refractivity contribution in [2.24, 2.45) is 0 Å². The van der Waals surface area contributed by atoms with E-state index in [4.69, 9.17) is 4.98 Å². The summed E-state index contributed by atoms with van der Waals surface area (Å²) in [6.45, 7) is 6.49. The molecule has 1 atom stereocenters. The quantitative estimate of drug-likeness (QED) is 0.788. The third-order valence-corrected chi connectivity index (χ3v) is 5.03. The fourth-order valence-electron chi connectivity index (χ4n) is 3.82. The lowest BCUT2D eigenvalue weighted by molar-refractivity contribution is 0.241. The maximum Gasteiger partial charge on any atom is 0.0702 e. The molecule has 128 valence electrons. The van der Waals surface area contributed by atoms with Crippen LogP contribution in [0, 0.1) is 6.92 Å². The largest absolute Gasteiger partial charge is 0.315 e. The van der Waals surface area contributed by atoms with Crippen molar-refractivity contribution in [1.29, 1.82) is 0 Å². The van der Waals surface area contributed by atoms with E-state index in [9.17, 15) is 0 Å². The van der Waals surface area contributed by atoms with Gasteiger partial charge in [0.1, 0.15) is 0 Å². The van der Waals surface area contributed by atoms with Crippen LogP contribution in [0.1, 0.15) is 29.2 Å². The van der Waals surface area contributed by atoms with Crippen LogP contribution in [0.5, 0.6) is 0 Å². The van der Waals surface area contributed by atoms with Crippen LogP contribution in [-0.2, 0) is 0 Å². The van der Waals surface area contributed by atoms with Gasteiger partial charge in [-0.3, -0.25) is 9.88 Å². The Morgan fingerprint density at radius 3 is 2.80 bits per heavy atom. The molecule has 1 N–H and O–H groups in total. The number of para-hydroxylation sites is 1. The lowest BCUT2D eigenvalue weighted by atomic mass is 9.95. The molecule has 0 saturated carbocycles. The number of rotatable bonds is 3. The number of hydrogen-bond acceptors (Lipinski definition) is 3. The fraction of sp³-hybridized carbons (Fsp3) is 0.318. The summed E-state index contributed by atoms with van der Waals surface area (Å²) in [5, 5.41) is 4.73. The highest BCUT2D eigenvalue weighted by atomic mass is 15.2. The second-order valence-electron chi connectivity index (χ2n) is 6.92. The van der Waals surface area contributed by atoms with Crippen LogP contribution in [0.3, 0.4) is 0 Å². The summed E-state index contributed by atoms with van der Waals surface area (Å²) in [5.41, 5.74) is 5.01. The van der Waals surface area contributed by atoms with E-state index in [0.717, 1.165) is 31.7 Å². The number of aromatic nitrogens is 1. The second kappa shape index (κ2) is 7.34. The van der Waals surface area contributed by atoms with Crippen LogP contribution in [0.4, 0.5) is 0 Å². The van der Waals surface area contributed by atoms with Gasteiger partial charge < -0.3 is 5.32 Å². The van der Waals surface area contributed by atoms with Gasteiger partial charge in [0.25, 0.3) is 0 Å². The summed E-state index contributed by atoms with van der Waals surface area (Å²) in [5.74, 6) is 0. The minimum absolute atomic E-state index is 0.261. The van der Waals surface area contributed by atoms with E-state index in [1.807, 2.05) is 6.07 Å². The number of hydrogen-bond donors (Lipinski definition) is 1. The van der Waals surface area contributed by atoms with Crippen LogP contribution < -0.4 is 5.32 Å². The SMILES string of the molecule is Cc1cccc(C(c2cnc3ccccc3c2)N2CCCNCC2)c1. The number of benzene rings is 2. The van der Waals surface area contributed by atoms with Crippen molar-refractivity contribution in [3.05, 3.63) is 77.5 Å². The highest BCUT2D eigenvalue weighted by Gasteiger charge is 2.23. The van der Waals surface area contributed by atoms with Gasteiger partial charge in [0.05, 0.1) is 11.6 Å². The first-order chi connectivity index (χ1) is 12.3. The molecule has 3 nitrogen and oxygen atoms in total. The van der Waals surface area contributed by atoms with Crippen molar-refractivity contribution < 1.29 is 0 Å². The van der Waals surface area contributed by atoms with E-state index in [-0.39, 0.29) is 6.04 Å². The number of nitrogens with zero attached hydrogens (tertiary/aromatic N) is 2. The predicted octanol–water partition coefficient (Wildman–Crippen LogP) is 3.93. The number of fused-ring (bicyclic) bond motifs is 1. The number of nitrogens with one attached hydrogen (secondary N) is 1. The van der Waals surface area contributed by atoms with Gasteiger partial charge in [-0.2, -0.15) is 0 Å². The summed E-state index contributed by atoms with van der Waals surface area (Å²) in [6, 6.07) is 19.9. The first-order valence-electron chi connectivity index (χ1n) is 9.17. The van der Waals surface area contributed by atoms with Crippen LogP contribution in [0.15, 0.2) is 60.8 Å². The smallest absolute Gasteiger partial charge is 0.0702 e. The first-order valence-corrected chi connectivity index (χ1v) is 9.17. The van der Waals surface area contributed by atoms with Crippen molar-refractivity contribution in [2.45, 2.75) is 19.4 Å². The Bertz CT molecular complexity index is 851. The molecule has 1 fully saturated rings. The molecule has 2 heterocycles. The lowest BCUT2D eigenvalue weighted by Gasteiger charge is -2.31. The molecule has 1 saturated heterocycles. The zero-order valence-corrected chi connectivity index (χ0v) is 14.8. The maximum atomic E-state index is 4.73. The van der Waals surface area contributed by atoms with Crippen molar-refractivity contribution in [2.75, 3.05) is 26.2 Å². The maximum absolute atomic E-state index is 4.73. The van der Waals surface area contributed by atoms with E-state index < -0.39 is 0 Å². The average molecular weight is 331 g/mol. The number of pyridine rings is 1. The summed E-state index contributed by atoms with van der Waals surface area (Å²) < 4.78 is 0. The van der Waals surface area contributed by atoms with E-state index >= 15 is 0 Å². The highest BCUT2D eigenvalue weighted by molar-refractivity contribution is 5.79. The van der Waals surface area contributed by atoms with Gasteiger partial charge >= 0.3 is 0 Å². The van der Waals surface area contributed by atoms with Crippen molar-refractivity contribution in [3.63, 3.8) is 0 Å². The van der Waals surface area contributed by atoms with Gasteiger partial charge in [0.15, 0.2) is 0 Å². The molecule has 1 aromatic heterocycles. The Kier molecular flexibility index (Phi) is 4.77. The molecular weight excluding hydrogens is 306 g/mol. The highest BCUT2D eigenvalue weighted by Crippen LogP contribution is 2.31. The Balaban J connectivity index is 1.80. The molecule has 0 amide bonds. The molecular formula is C22H25N3. The fourth-order valence-corrected chi connectivity index (χ4v) is 3.82. The van der Waals surface area contributed by atoms with E-state index in [0.29, 0.717) is 0 Å². The second-order valence-corrected chi connectivity index (χ2v) is 6.92. The molecule has 3 heteroatoms. The van der Waals surface area contributed by atoms with E-state index in [1.165, 1.54) is 28.5 Å². The van der Waals surface area contributed by atoms with Gasteiger partial charge in [-0.15, -0.1) is 0 Å². The van der Waals surface area contributed by atoms with Gasteiger partial charge in [-0.1, -0.05) is 48.0 Å². The van der Waals surface area contributed by atoms with Crippen molar-refractivity contribution in [1.82, 2.24) is 15.2 Å². The summed E-state index contributed by atoms with van der Waals surface area (Å²) in [6.07, 6.45) is 3.25. The molecule has 0 radical (unpaired) electrons. The molecule has 0 aliphatic carbocycles. The minimum Gasteiger partial charge on any atom is -0.315 e. The molecule has 0 bridgehead atoms. The first kappa shape index (κ1) is 16.2. The minimum atomic E-state index is 0.261. The van der Waals surface area contributed by atoms with Crippen LogP contribution in [0.25, 0.3) is 10.9 Å². The molecule has 25 heavy (non-hydrogen) atoms. The molecule has 0 spiro atoms. The number of aryl methyl sites for hydroxylation is 1. The summed E-state index contributed by atoms with van der Waals surface area (Å²) >= 11 is 0. The Hall–Kier alpha value is -2.23. The van der Waals surface area contributed by atoms with Gasteiger partial charge in [-0.25, -0.2) is 0 Å². The normalized spacial score (nSPS) is 17.3. The monoisotopic (exact) mass is 331 g/mol. The molecule has 1 unspecified atom stereocenters. The van der Waals surface area contributed by atoms with Crippen molar-refractivity contribution >= 4 is 10.9 Å². The van der Waals surface area contributed by atoms with E-state index in [2.05, 4.69) is 71.9 Å². The van der Waals surface area contributed by atoms with E-state index in [1.54, 1.807) is 0 Å². The molecule has 4 rings (SSSR count). The topological polar surface area (TPSA) is 28.2 Å². The Morgan fingerprint density at radius 2 is 1.88 bits per heavy atom. The Labute approximate surface area is 149 Å². The van der Waals surface area contributed by atoms with Gasteiger partial charge in [-0.05, 0) is 43.1 Å². The molecule has 1 aliphatic rings. The standard InChI is InChI=1S/C22H25N3/c1-17-6-4-8-19(14-17)22(25-12-5-10-23-11-13-25)20-15-18-7-2-3-9-21(18)24-16-20/h2-4,6-9,14-16,22-23H,5,10-13H2,1H3. The van der Waals surface area contributed by atoms with Crippen LogP contribution in [-0.4, -0.2) is 36.1 Å². The third-order valence-electron chi connectivity index (χ3n) is 5.03. The molecule has 2 aromatic carbocycles. The van der Waals surface area contributed by atoms with Crippen molar-refractivity contribution in [3.8, 4) is 0 Å². The molecule has 1 aliphatic heterocycles. The zero-order chi connectivity index (χ0) is 17.1. The zero-order valence-electron chi connectivity index (χ0n) is 14.8. The molecule has 3 aromatic rings. The Morgan fingerprint density at radius 1 is 0.960 bits per heavy atom. The average Bonchev–Trinajstić information content (AvgIpc) is 2.91. The predicted molar refractivity (Wildman–Crippen MR) is 104 cm³/mol. The third kappa shape index (κ3) is 3.58. The summed E-state index contributed by atoms with van der Waals surface area (Å²) in [7, 11) is 0. The van der Waals surface area contributed by atoms with Crippen LogP contribution in [0.2, 0.25) is 0 Å². The van der Waals surface area contributed by atoms with Gasteiger partial charge in [0, 0.05) is 31.2 Å².